The first-order valence-corrected chi connectivity index (χ1v) is 33.9. The van der Waals surface area contributed by atoms with Crippen molar-refractivity contribution in [3.8, 4) is 17.2 Å². The molecule has 0 saturated carbocycles. The number of imidazole rings is 1. The lowest BCUT2D eigenvalue weighted by Gasteiger charge is -2.12. The van der Waals surface area contributed by atoms with E-state index in [1.807, 2.05) is 314 Å². The number of hydrazone groups is 1. The number of azo groups is 2. The molecule has 0 aliphatic carbocycles. The third kappa shape index (κ3) is 25.9. The Hall–Kier alpha value is -12.8. The van der Waals surface area contributed by atoms with Gasteiger partial charge in [-0.1, -0.05) is 71.3 Å². The Balaban J connectivity index is 0.000000178. The molecule has 0 fully saturated rings. The van der Waals surface area contributed by atoms with Gasteiger partial charge < -0.3 is 38.5 Å². The fraction of sp³-hybridized carbons (Fsp3) is 0.143. The minimum absolute atomic E-state index is 0. The van der Waals surface area contributed by atoms with Crippen LogP contribution in [0.3, 0.4) is 0 Å². The summed E-state index contributed by atoms with van der Waals surface area (Å²) in [6, 6.07) is 70.2. The number of pyridine rings is 4. The zero-order chi connectivity index (χ0) is 75.0. The van der Waals surface area contributed by atoms with E-state index in [1.54, 1.807) is 44.6 Å². The van der Waals surface area contributed by atoms with Gasteiger partial charge in [-0.25, -0.2) is 32.0 Å². The number of nitrogen functional groups attached to an aromatic ring is 2. The quantitative estimate of drug-likeness (QED) is 0.0301. The van der Waals surface area contributed by atoms with Gasteiger partial charge in [-0.15, -0.1) is 9.80 Å². The van der Waals surface area contributed by atoms with E-state index in [4.69, 9.17) is 32.5 Å². The van der Waals surface area contributed by atoms with E-state index in [0.717, 1.165) is 67.8 Å². The highest BCUT2D eigenvalue weighted by molar-refractivity contribution is 6.30. The van der Waals surface area contributed by atoms with Crippen molar-refractivity contribution in [2.45, 2.75) is 0 Å². The highest BCUT2D eigenvalue weighted by atomic mass is 35.5. The summed E-state index contributed by atoms with van der Waals surface area (Å²) < 4.78 is 28.1. The number of methoxy groups -OCH3 is 2. The van der Waals surface area contributed by atoms with Gasteiger partial charge >= 0.3 is 5.95 Å². The Morgan fingerprint density at radius 3 is 1.50 bits per heavy atom. The van der Waals surface area contributed by atoms with Crippen LogP contribution < -0.4 is 65.9 Å². The van der Waals surface area contributed by atoms with E-state index in [0.29, 0.717) is 16.4 Å². The first-order chi connectivity index (χ1) is 50.7. The van der Waals surface area contributed by atoms with Crippen LogP contribution in [-0.4, -0.2) is 59.7 Å². The van der Waals surface area contributed by atoms with Crippen LogP contribution in [0, 0.1) is 0 Å². The fourth-order valence-corrected chi connectivity index (χ4v) is 9.89. The van der Waals surface area contributed by atoms with E-state index >= 15 is 0 Å². The molecule has 0 bridgehead atoms. The summed E-state index contributed by atoms with van der Waals surface area (Å²) >= 11 is 5.84. The Morgan fingerprint density at radius 2 is 0.981 bits per heavy atom. The molecule has 20 nitrogen and oxygen atoms in total. The van der Waals surface area contributed by atoms with Crippen LogP contribution in [0.2, 0.25) is 5.02 Å². The van der Waals surface area contributed by atoms with Gasteiger partial charge in [0.05, 0.1) is 76.3 Å². The fourth-order valence-electron chi connectivity index (χ4n) is 9.76. The van der Waals surface area contributed by atoms with Crippen molar-refractivity contribution >= 4 is 105 Å². The number of aromatic nitrogens is 8. The van der Waals surface area contributed by atoms with E-state index < -0.39 is 0 Å². The van der Waals surface area contributed by atoms with E-state index in [1.165, 1.54) is 22.5 Å². The molecule has 5 N–H and O–H groups in total. The number of para-hydroxylation sites is 1. The molecular formula is C84H93Cl2N17O3+6. The van der Waals surface area contributed by atoms with Crippen molar-refractivity contribution in [1.82, 2.24) is 9.25 Å². The third-order valence-electron chi connectivity index (χ3n) is 16.1. The minimum atomic E-state index is 0. The summed E-state index contributed by atoms with van der Waals surface area (Å²) in [6.45, 7) is 0. The zero-order valence-corrected chi connectivity index (χ0v) is 63.4. The van der Waals surface area contributed by atoms with Crippen LogP contribution in [0.4, 0.5) is 45.8 Å². The molecular weight excluding hydrogens is 1370 g/mol. The van der Waals surface area contributed by atoms with Crippen molar-refractivity contribution < 1.29 is 59.1 Å². The maximum Gasteiger partial charge on any atom is 0.421 e. The summed E-state index contributed by atoms with van der Waals surface area (Å²) in [4.78, 5) is 0. The molecule has 6 aromatic heterocycles. The van der Waals surface area contributed by atoms with Gasteiger partial charge in [0.1, 0.15) is 63.7 Å². The molecule has 13 rings (SSSR count). The van der Waals surface area contributed by atoms with Gasteiger partial charge in [0.15, 0.2) is 62.3 Å². The van der Waals surface area contributed by atoms with Crippen molar-refractivity contribution in [3.63, 3.8) is 0 Å². The number of rotatable bonds is 15. The molecule has 540 valence electrons. The van der Waals surface area contributed by atoms with E-state index in [9.17, 15) is 5.11 Å². The number of ether oxygens (including phenoxy) is 2. The maximum absolute atomic E-state index is 10.1. The van der Waals surface area contributed by atoms with Gasteiger partial charge in [0.2, 0.25) is 17.6 Å². The largest absolute Gasteiger partial charge is 1.00 e. The summed E-state index contributed by atoms with van der Waals surface area (Å²) in [6.07, 6.45) is 32.3. The van der Waals surface area contributed by atoms with Crippen LogP contribution >= 0.6 is 11.6 Å². The van der Waals surface area contributed by atoms with Gasteiger partial charge in [-0.05, 0) is 138 Å². The Kier molecular flexibility index (Phi) is 31.4. The van der Waals surface area contributed by atoms with Gasteiger partial charge in [-0.2, -0.15) is 14.9 Å². The first-order valence-electron chi connectivity index (χ1n) is 33.5. The number of nitrogens with zero attached hydrogens (tertiary/aromatic N) is 15. The van der Waals surface area contributed by atoms with Crippen molar-refractivity contribution in [3.05, 3.63) is 319 Å². The number of aromatic hydroxyl groups is 1. The number of anilines is 3. The van der Waals surface area contributed by atoms with E-state index in [-0.39, 0.29) is 18.2 Å². The standard InChI is InChI=1S/C15H13ClN4O.C15H18N3O.C14H16N2.2C14H14N2.C12H15N4O.ClH/c1-19-9-10-3-8-13(21)14(15(10)20(19)2)18-17-12-6-4-11(16)5-7-12;1-17-10-8-13(9-11-17)12-16-18(2)14-4-6-15(19-3)7-5-14;1-15-10-8-13(9-11-15)12-16(2)14-6-4-3-5-7-14;1-16-10-8-13(9-11-16)3-2-12-4-6-14(15)7-5-12;1-16-11-3-2-4-14(16)10-7-12-5-8-13(15)9-6-12;1-15-8-9-16(2)12(15)14-13-10-4-6-11(17-3)7-5-10;/h3-9H,1-2H3;4-12H,1-3H3;3-12H,1-2H3;2*2-11,15H,1H3;4-9H,1-3H3;1H/q;+1;+2;;;+1;/p+2. The number of fused-ring (bicyclic) bond motifs is 1. The number of nitrogens with two attached hydrogens (primary N) is 2. The Bertz CT molecular complexity index is 4960. The van der Waals surface area contributed by atoms with Gasteiger partial charge in [-0.3, -0.25) is 5.01 Å². The zero-order valence-electron chi connectivity index (χ0n) is 61.9. The monoisotopic (exact) mass is 1460 g/mol. The Morgan fingerprint density at radius 1 is 0.500 bits per heavy atom. The molecule has 0 spiro atoms. The molecule has 0 saturated heterocycles. The average molecular weight is 1460 g/mol. The lowest BCUT2D eigenvalue weighted by molar-refractivity contribution is -0.748. The van der Waals surface area contributed by atoms with Crippen LogP contribution in [0.1, 0.15) is 33.5 Å². The molecule has 0 atom stereocenters. The number of hydrogen-bond donors (Lipinski definition) is 3. The molecule has 6 heterocycles. The molecule has 7 aromatic carbocycles. The van der Waals surface area contributed by atoms with Crippen molar-refractivity contribution in [2.24, 2.45) is 81.9 Å². The summed E-state index contributed by atoms with van der Waals surface area (Å²) in [5, 5.41) is 34.7. The van der Waals surface area contributed by atoms with Crippen LogP contribution in [0.15, 0.2) is 306 Å². The maximum atomic E-state index is 10.1. The normalized spacial score (nSPS) is 11.0. The van der Waals surface area contributed by atoms with Crippen LogP contribution in [-0.2, 0) is 56.4 Å². The molecule has 22 heteroatoms. The first kappa shape index (κ1) is 80.5. The van der Waals surface area contributed by atoms with Crippen molar-refractivity contribution in [2.75, 3.05) is 44.8 Å². The SMILES string of the molecule is COc1ccc(N(C)N=Cc2cc[n+](C)cc2)cc1.COc1ccc(N=Nc2n(C)cc[n+]2C)cc1.C[N+](=Cc1cc[n+](C)cc1)c1ccccc1.C[n+]1ccc(C=Cc2ccc(N)cc2)cc1.C[n+]1ccccc1C=Cc1ccc(N)cc1.Cn1c2c(N=Nc3ccc(Cl)cc3)c(O)ccc2c[n+]1C.[Cl-]. The van der Waals surface area contributed by atoms with Crippen molar-refractivity contribution in [1.29, 1.82) is 0 Å². The number of aryl methyl sites for hydroxylation is 8. The summed E-state index contributed by atoms with van der Waals surface area (Å²) in [5.74, 6) is 2.55. The number of benzene rings is 7. The highest BCUT2D eigenvalue weighted by Crippen LogP contribution is 2.35. The molecule has 0 aliphatic rings. The predicted octanol–water partition coefficient (Wildman–Crippen LogP) is 11.5. The number of phenolic OH excluding ortho intramolecular Hbond substituents is 1. The Labute approximate surface area is 632 Å². The number of hydrogen-bond acceptors (Lipinski definition) is 11. The predicted molar refractivity (Wildman–Crippen MR) is 422 cm³/mol. The molecule has 0 aliphatic heterocycles. The topological polar surface area (TPSA) is 192 Å². The minimum Gasteiger partial charge on any atom is -1.00 e. The highest BCUT2D eigenvalue weighted by Gasteiger charge is 2.17. The average Bonchev–Trinajstić information content (AvgIpc) is 1.63. The van der Waals surface area contributed by atoms with Gasteiger partial charge in [0, 0.05) is 101 Å². The van der Waals surface area contributed by atoms with Crippen LogP contribution in [0.25, 0.3) is 35.2 Å². The second-order valence-electron chi connectivity index (χ2n) is 24.2. The molecule has 0 radical (unpaired) electrons. The number of phenols is 1. The van der Waals surface area contributed by atoms with E-state index in [2.05, 4.69) is 115 Å². The second-order valence-corrected chi connectivity index (χ2v) is 24.6. The molecule has 13 aromatic rings. The lowest BCUT2D eigenvalue weighted by atomic mass is 10.1. The third-order valence-corrected chi connectivity index (χ3v) is 16.3. The molecule has 0 unspecified atom stereocenters. The molecule has 106 heavy (non-hydrogen) atoms. The lowest BCUT2D eigenvalue weighted by Crippen LogP contribution is -3.00. The second kappa shape index (κ2) is 41.4. The van der Waals surface area contributed by atoms with Gasteiger partial charge in [0.25, 0.3) is 0 Å². The smallest absolute Gasteiger partial charge is 0.421 e. The summed E-state index contributed by atoms with van der Waals surface area (Å²) in [7, 11) is 23.0. The number of halogens is 2. The molecule has 0 amide bonds. The van der Waals surface area contributed by atoms with Crippen LogP contribution in [0.5, 0.6) is 17.2 Å². The summed E-state index contributed by atoms with van der Waals surface area (Å²) in [5.41, 5.74) is 24.7.